The van der Waals surface area contributed by atoms with Crippen LogP contribution in [0.2, 0.25) is 0 Å². The van der Waals surface area contributed by atoms with Crippen LogP contribution in [0.1, 0.15) is 58.8 Å². The van der Waals surface area contributed by atoms with Crippen LogP contribution in [0.25, 0.3) is 0 Å². The summed E-state index contributed by atoms with van der Waals surface area (Å²) >= 11 is 0. The molecule has 5 unspecified atom stereocenters. The lowest BCUT2D eigenvalue weighted by Crippen LogP contribution is -2.37. The Labute approximate surface area is 131 Å². The molecule has 2 fully saturated rings. The van der Waals surface area contributed by atoms with Crippen LogP contribution in [-0.4, -0.2) is 0 Å². The highest BCUT2D eigenvalue weighted by Gasteiger charge is 2.50. The van der Waals surface area contributed by atoms with Gasteiger partial charge in [-0.2, -0.15) is 0 Å². The van der Waals surface area contributed by atoms with Gasteiger partial charge in [0.05, 0.1) is 0 Å². The molecule has 0 aromatic heterocycles. The Morgan fingerprint density at radius 3 is 2.48 bits per heavy atom. The van der Waals surface area contributed by atoms with Gasteiger partial charge in [0.2, 0.25) is 0 Å². The van der Waals surface area contributed by atoms with E-state index in [1.54, 1.807) is 0 Å². The van der Waals surface area contributed by atoms with Crippen LogP contribution >= 0.6 is 0 Å². The Morgan fingerprint density at radius 1 is 1.14 bits per heavy atom. The van der Waals surface area contributed by atoms with Gasteiger partial charge in [-0.3, -0.25) is 0 Å². The number of hydrogen-bond donors (Lipinski definition) is 0. The van der Waals surface area contributed by atoms with Gasteiger partial charge in [-0.15, -0.1) is 6.58 Å². The van der Waals surface area contributed by atoms with E-state index >= 15 is 0 Å². The Morgan fingerprint density at radius 2 is 1.81 bits per heavy atom. The molecule has 0 N–H and O–H groups in total. The lowest BCUT2D eigenvalue weighted by molar-refractivity contribution is 0.0638. The smallest absolute Gasteiger partial charge is 0.0131 e. The first kappa shape index (κ1) is 15.1. The molecule has 3 rings (SSSR count). The van der Waals surface area contributed by atoms with Crippen molar-refractivity contribution in [2.45, 2.75) is 58.8 Å². The van der Waals surface area contributed by atoms with Crippen LogP contribution in [0, 0.1) is 35.0 Å². The lowest BCUT2D eigenvalue weighted by atomic mass is 9.60. The lowest BCUT2D eigenvalue weighted by Gasteiger charge is -2.44. The maximum Gasteiger partial charge on any atom is -0.0131 e. The molecule has 0 aromatic carbocycles. The van der Waals surface area contributed by atoms with Gasteiger partial charge >= 0.3 is 0 Å². The van der Waals surface area contributed by atoms with Gasteiger partial charge in [0.15, 0.2) is 0 Å². The standard InChI is InChI=1S/C21H32/c1-4-5-14-21(3,17-10-6-7-11-17)20-15-16(2)18-12-8-9-13-19(18)20/h4,8-9,12-13,16-20H,1,5-7,10-11,14-15H2,2-3H3. The van der Waals surface area contributed by atoms with E-state index in [1.165, 1.54) is 44.9 Å². The normalized spacial score (nSPS) is 38.4. The van der Waals surface area contributed by atoms with E-state index in [-0.39, 0.29) is 0 Å². The molecule has 0 saturated heterocycles. The fraction of sp³-hybridized carbons (Fsp3) is 0.714. The largest absolute Gasteiger partial charge is 0.103 e. The number of hydrogen-bond acceptors (Lipinski definition) is 0. The molecule has 0 aliphatic heterocycles. The third-order valence-electron chi connectivity index (χ3n) is 6.99. The maximum atomic E-state index is 3.99. The number of allylic oxidation sites excluding steroid dienone is 5. The first-order valence-corrected chi connectivity index (χ1v) is 9.12. The summed E-state index contributed by atoms with van der Waals surface area (Å²) in [6, 6.07) is 0. The van der Waals surface area contributed by atoms with Crippen LogP contribution in [0.5, 0.6) is 0 Å². The molecule has 2 saturated carbocycles. The Kier molecular flexibility index (Phi) is 4.43. The van der Waals surface area contributed by atoms with Gasteiger partial charge < -0.3 is 0 Å². The summed E-state index contributed by atoms with van der Waals surface area (Å²) in [4.78, 5) is 0. The molecule has 0 radical (unpaired) electrons. The summed E-state index contributed by atoms with van der Waals surface area (Å²) in [7, 11) is 0. The predicted octanol–water partition coefficient (Wildman–Crippen LogP) is 6.16. The SMILES string of the molecule is C=CCCC(C)(C1CCCC1)C1CC(C)C2C=CC=CC21. The zero-order valence-corrected chi connectivity index (χ0v) is 13.9. The number of fused-ring (bicyclic) bond motifs is 1. The van der Waals surface area contributed by atoms with Crippen LogP contribution in [0.4, 0.5) is 0 Å². The highest BCUT2D eigenvalue weighted by atomic mass is 14.5. The van der Waals surface area contributed by atoms with Crippen molar-refractivity contribution in [3.63, 3.8) is 0 Å². The minimum Gasteiger partial charge on any atom is -0.103 e. The molecular weight excluding hydrogens is 252 g/mol. The van der Waals surface area contributed by atoms with Gasteiger partial charge in [0, 0.05) is 0 Å². The molecule has 0 nitrogen and oxygen atoms in total. The molecule has 0 heterocycles. The summed E-state index contributed by atoms with van der Waals surface area (Å²) in [5.41, 5.74) is 0.522. The van der Waals surface area contributed by atoms with Gasteiger partial charge in [0.25, 0.3) is 0 Å². The molecule has 0 amide bonds. The molecule has 21 heavy (non-hydrogen) atoms. The van der Waals surface area contributed by atoms with Crippen molar-refractivity contribution in [1.82, 2.24) is 0 Å². The highest BCUT2D eigenvalue weighted by Crippen LogP contribution is 2.58. The molecule has 116 valence electrons. The third kappa shape index (κ3) is 2.67. The molecular formula is C21H32. The average Bonchev–Trinajstić information content (AvgIpc) is 3.14. The van der Waals surface area contributed by atoms with E-state index < -0.39 is 0 Å². The quantitative estimate of drug-likeness (QED) is 0.530. The van der Waals surface area contributed by atoms with E-state index in [9.17, 15) is 0 Å². The summed E-state index contributed by atoms with van der Waals surface area (Å²) in [5, 5.41) is 0. The van der Waals surface area contributed by atoms with Crippen molar-refractivity contribution in [3.8, 4) is 0 Å². The zero-order chi connectivity index (χ0) is 14.9. The van der Waals surface area contributed by atoms with E-state index in [1.807, 2.05) is 0 Å². The van der Waals surface area contributed by atoms with Crippen molar-refractivity contribution < 1.29 is 0 Å². The van der Waals surface area contributed by atoms with Crippen molar-refractivity contribution in [3.05, 3.63) is 37.0 Å². The summed E-state index contributed by atoms with van der Waals surface area (Å²) in [5.74, 6) is 4.27. The molecule has 0 bridgehead atoms. The number of rotatable bonds is 5. The van der Waals surface area contributed by atoms with E-state index in [4.69, 9.17) is 0 Å². The first-order chi connectivity index (χ1) is 10.2. The second-order valence-electron chi connectivity index (χ2n) is 8.06. The first-order valence-electron chi connectivity index (χ1n) is 9.12. The molecule has 0 heteroatoms. The van der Waals surface area contributed by atoms with Crippen LogP contribution in [0.3, 0.4) is 0 Å². The topological polar surface area (TPSA) is 0 Å². The maximum absolute atomic E-state index is 3.99. The van der Waals surface area contributed by atoms with E-state index in [2.05, 4.69) is 50.8 Å². The second kappa shape index (κ2) is 6.15. The van der Waals surface area contributed by atoms with E-state index in [0.717, 1.165) is 29.6 Å². The van der Waals surface area contributed by atoms with E-state index in [0.29, 0.717) is 5.41 Å². The average molecular weight is 284 g/mol. The highest BCUT2D eigenvalue weighted by molar-refractivity contribution is 5.20. The fourth-order valence-electron chi connectivity index (χ4n) is 5.73. The van der Waals surface area contributed by atoms with Crippen molar-refractivity contribution in [2.75, 3.05) is 0 Å². The molecule has 0 aromatic rings. The molecule has 0 spiro atoms. The molecule has 3 aliphatic rings. The summed E-state index contributed by atoms with van der Waals surface area (Å²) in [6.07, 6.45) is 21.5. The Hall–Kier alpha value is -0.780. The summed E-state index contributed by atoms with van der Waals surface area (Å²) in [6.45, 7) is 9.09. The minimum absolute atomic E-state index is 0.522. The van der Waals surface area contributed by atoms with Crippen LogP contribution in [-0.2, 0) is 0 Å². The van der Waals surface area contributed by atoms with Crippen molar-refractivity contribution in [1.29, 1.82) is 0 Å². The zero-order valence-electron chi connectivity index (χ0n) is 13.9. The van der Waals surface area contributed by atoms with Crippen LogP contribution in [0.15, 0.2) is 37.0 Å². The van der Waals surface area contributed by atoms with Gasteiger partial charge in [-0.1, -0.05) is 57.1 Å². The monoisotopic (exact) mass is 284 g/mol. The minimum atomic E-state index is 0.522. The Bertz CT molecular complexity index is 423. The van der Waals surface area contributed by atoms with Crippen molar-refractivity contribution in [2.24, 2.45) is 35.0 Å². The van der Waals surface area contributed by atoms with Crippen LogP contribution < -0.4 is 0 Å². The Balaban J connectivity index is 1.87. The van der Waals surface area contributed by atoms with Gasteiger partial charge in [-0.25, -0.2) is 0 Å². The second-order valence-corrected chi connectivity index (χ2v) is 8.06. The van der Waals surface area contributed by atoms with Gasteiger partial charge in [0.1, 0.15) is 0 Å². The molecule has 5 atom stereocenters. The summed E-state index contributed by atoms with van der Waals surface area (Å²) < 4.78 is 0. The third-order valence-corrected chi connectivity index (χ3v) is 6.99. The fourth-order valence-corrected chi connectivity index (χ4v) is 5.73. The molecule has 3 aliphatic carbocycles. The predicted molar refractivity (Wildman–Crippen MR) is 92.0 cm³/mol. The van der Waals surface area contributed by atoms with Crippen molar-refractivity contribution >= 4 is 0 Å². The van der Waals surface area contributed by atoms with Gasteiger partial charge in [-0.05, 0) is 67.1 Å².